The van der Waals surface area contributed by atoms with Crippen molar-refractivity contribution < 1.29 is 52.5 Å². The number of anilines is 1. The van der Waals surface area contributed by atoms with Crippen LogP contribution in [-0.2, 0) is 49.3 Å². The molecule has 0 aliphatic carbocycles. The maximum atomic E-state index is 15.6. The van der Waals surface area contributed by atoms with Crippen molar-refractivity contribution in [2.45, 2.75) is 35.9 Å². The number of para-hydroxylation sites is 1. The van der Waals surface area contributed by atoms with Crippen LogP contribution in [0.15, 0.2) is 104 Å². The Morgan fingerprint density at radius 1 is 0.632 bits per heavy atom. The second-order valence-electron chi connectivity index (χ2n) is 13.4. The molecule has 0 radical (unpaired) electrons. The summed E-state index contributed by atoms with van der Waals surface area (Å²) in [6.45, 7) is 3.47. The summed E-state index contributed by atoms with van der Waals surface area (Å²) in [6.07, 6.45) is -0.0245. The van der Waals surface area contributed by atoms with E-state index in [9.17, 15) is 28.8 Å². The van der Waals surface area contributed by atoms with Gasteiger partial charge < -0.3 is 18.9 Å². The number of hydrogen-bond donors (Lipinski definition) is 0. The first-order chi connectivity index (χ1) is 27.3. The van der Waals surface area contributed by atoms with E-state index in [1.165, 1.54) is 4.90 Å². The zero-order valence-corrected chi connectivity index (χ0v) is 33.8. The number of carbonyl (C=O) groups excluding carboxylic acids is 7. The molecule has 13 nitrogen and oxygen atoms in total. The Kier molecular flexibility index (Phi) is 10.5. The third-order valence-corrected chi connectivity index (χ3v) is 14.6. The Morgan fingerprint density at radius 3 is 1.63 bits per heavy atom. The van der Waals surface area contributed by atoms with Crippen LogP contribution in [0.5, 0.6) is 0 Å². The number of carbonyl (C=O) groups is 7. The Bertz CT molecular complexity index is 2340. The number of benzene rings is 3. The van der Waals surface area contributed by atoms with E-state index in [4.69, 9.17) is 18.9 Å². The molecule has 0 saturated heterocycles. The van der Waals surface area contributed by atoms with Crippen molar-refractivity contribution in [1.82, 2.24) is 4.90 Å². The van der Waals surface area contributed by atoms with Crippen LogP contribution in [0.1, 0.15) is 45.7 Å². The molecular formula is C41H34N2O11S3. The number of fused-ring (bicyclic) bond motifs is 4. The number of amides is 3. The summed E-state index contributed by atoms with van der Waals surface area (Å²) in [4.78, 5) is 101. The molecule has 3 amide bonds. The van der Waals surface area contributed by atoms with E-state index in [1.807, 2.05) is 6.07 Å². The van der Waals surface area contributed by atoms with Crippen molar-refractivity contribution in [1.29, 1.82) is 0 Å². The minimum Gasteiger partial charge on any atom is -0.466 e. The van der Waals surface area contributed by atoms with Crippen LogP contribution in [0.2, 0.25) is 0 Å². The predicted molar refractivity (Wildman–Crippen MR) is 213 cm³/mol. The fraction of sp³-hybridized carbons (Fsp3) is 0.244. The van der Waals surface area contributed by atoms with Gasteiger partial charge in [-0.25, -0.2) is 19.2 Å². The fourth-order valence-corrected chi connectivity index (χ4v) is 12.5. The van der Waals surface area contributed by atoms with Gasteiger partial charge in [0.15, 0.2) is 0 Å². The summed E-state index contributed by atoms with van der Waals surface area (Å²) in [5.41, 5.74) is 0.539. The van der Waals surface area contributed by atoms with Crippen molar-refractivity contribution in [3.05, 3.63) is 126 Å². The number of rotatable bonds is 8. The molecule has 0 aromatic heterocycles. The van der Waals surface area contributed by atoms with Gasteiger partial charge in [0.25, 0.3) is 17.7 Å². The molecule has 0 saturated carbocycles. The van der Waals surface area contributed by atoms with E-state index in [0.29, 0.717) is 27.3 Å². The summed E-state index contributed by atoms with van der Waals surface area (Å²) in [5, 5.41) is 0. The molecule has 0 bridgehead atoms. The van der Waals surface area contributed by atoms with Gasteiger partial charge >= 0.3 is 23.9 Å². The van der Waals surface area contributed by atoms with Crippen molar-refractivity contribution in [3.63, 3.8) is 0 Å². The van der Waals surface area contributed by atoms with Crippen LogP contribution in [0.3, 0.4) is 0 Å². The second-order valence-corrected chi connectivity index (χ2v) is 17.2. The Labute approximate surface area is 339 Å². The molecule has 4 heterocycles. The molecule has 3 aromatic carbocycles. The van der Waals surface area contributed by atoms with Gasteiger partial charge in [0.1, 0.15) is 24.8 Å². The smallest absolute Gasteiger partial charge is 0.345 e. The SMILES string of the molecule is COC(=O)C1=C(C(=O)OC)SC2(S1)C(C(=O)OC)=C(C(=O)OC)SC1=C2c2ccccc2N(C(=O)[C@@H](Cc2ccccc2)N2C(=O)c3ccccc3C2=O)C1(C)C. The molecule has 1 atom stereocenters. The van der Waals surface area contributed by atoms with E-state index in [-0.39, 0.29) is 37.8 Å². The monoisotopic (exact) mass is 826 g/mol. The van der Waals surface area contributed by atoms with Crippen LogP contribution in [0.4, 0.5) is 5.69 Å². The number of thioether (sulfide) groups is 3. The molecule has 4 aliphatic rings. The van der Waals surface area contributed by atoms with Gasteiger partial charge in [-0.15, -0.1) is 0 Å². The number of esters is 4. The average molecular weight is 827 g/mol. The third-order valence-electron chi connectivity index (χ3n) is 9.96. The van der Waals surface area contributed by atoms with Crippen LogP contribution in [0.25, 0.3) is 5.57 Å². The summed E-state index contributed by atoms with van der Waals surface area (Å²) in [6, 6.07) is 20.9. The highest BCUT2D eigenvalue weighted by Gasteiger charge is 2.62. The highest BCUT2D eigenvalue weighted by atomic mass is 32.2. The second kappa shape index (κ2) is 15.1. The van der Waals surface area contributed by atoms with Crippen molar-refractivity contribution in [2.75, 3.05) is 33.3 Å². The van der Waals surface area contributed by atoms with Crippen LogP contribution < -0.4 is 4.90 Å². The fourth-order valence-electron chi connectivity index (χ4n) is 7.43. The minimum absolute atomic E-state index is 0.0245. The molecule has 0 unspecified atom stereocenters. The lowest BCUT2D eigenvalue weighted by atomic mass is 9.82. The molecule has 57 heavy (non-hydrogen) atoms. The predicted octanol–water partition coefficient (Wildman–Crippen LogP) is 5.51. The molecule has 0 fully saturated rings. The number of nitrogens with zero attached hydrogens (tertiary/aromatic N) is 2. The van der Waals surface area contributed by atoms with E-state index in [2.05, 4.69) is 0 Å². The van der Waals surface area contributed by atoms with E-state index in [1.54, 1.807) is 86.6 Å². The summed E-state index contributed by atoms with van der Waals surface area (Å²) < 4.78 is 18.8. The van der Waals surface area contributed by atoms with Crippen LogP contribution in [-0.4, -0.2) is 90.6 Å². The largest absolute Gasteiger partial charge is 0.466 e. The van der Waals surface area contributed by atoms with Gasteiger partial charge in [-0.3, -0.25) is 24.2 Å². The lowest BCUT2D eigenvalue weighted by Gasteiger charge is -2.51. The molecule has 1 spiro atoms. The maximum absolute atomic E-state index is 15.6. The Morgan fingerprint density at radius 2 is 1.11 bits per heavy atom. The minimum atomic E-state index is -1.78. The topological polar surface area (TPSA) is 163 Å². The maximum Gasteiger partial charge on any atom is 0.345 e. The first-order valence-electron chi connectivity index (χ1n) is 17.3. The normalized spacial score (nSPS) is 18.2. The molecule has 4 aliphatic heterocycles. The van der Waals surface area contributed by atoms with E-state index >= 15 is 4.79 Å². The van der Waals surface area contributed by atoms with E-state index < -0.39 is 57.3 Å². The number of hydrogen-bond acceptors (Lipinski definition) is 14. The van der Waals surface area contributed by atoms with Gasteiger partial charge in [-0.2, -0.15) is 0 Å². The zero-order valence-electron chi connectivity index (χ0n) is 31.4. The lowest BCUT2D eigenvalue weighted by molar-refractivity contribution is -0.138. The molecule has 292 valence electrons. The molecule has 0 N–H and O–H groups in total. The van der Waals surface area contributed by atoms with Gasteiger partial charge in [-0.05, 0) is 37.6 Å². The molecule has 16 heteroatoms. The summed E-state index contributed by atoms with van der Waals surface area (Å²) in [7, 11) is 4.56. The molecule has 7 rings (SSSR count). The third kappa shape index (κ3) is 6.17. The van der Waals surface area contributed by atoms with E-state index in [0.717, 1.165) is 68.6 Å². The zero-order chi connectivity index (χ0) is 41.0. The van der Waals surface area contributed by atoms with Gasteiger partial charge in [0.05, 0.1) is 56.4 Å². The van der Waals surface area contributed by atoms with Crippen LogP contribution >= 0.6 is 35.3 Å². The summed E-state index contributed by atoms with van der Waals surface area (Å²) >= 11 is 2.51. The van der Waals surface area contributed by atoms with Gasteiger partial charge in [0, 0.05) is 22.5 Å². The summed E-state index contributed by atoms with van der Waals surface area (Å²) in [5.74, 6) is -5.48. The number of methoxy groups -OCH3 is 4. The molecule has 3 aromatic rings. The highest BCUT2D eigenvalue weighted by molar-refractivity contribution is 8.26. The number of ether oxygens (including phenoxy) is 4. The van der Waals surface area contributed by atoms with Crippen molar-refractivity contribution >= 4 is 88.1 Å². The highest BCUT2D eigenvalue weighted by Crippen LogP contribution is 2.71. The average Bonchev–Trinajstić information content (AvgIpc) is 3.73. The quantitative estimate of drug-likeness (QED) is 0.159. The lowest BCUT2D eigenvalue weighted by Crippen LogP contribution is -2.60. The Hall–Kier alpha value is -5.58. The van der Waals surface area contributed by atoms with Crippen molar-refractivity contribution in [2.24, 2.45) is 0 Å². The first kappa shape index (κ1) is 39.6. The van der Waals surface area contributed by atoms with Gasteiger partial charge in [-0.1, -0.05) is 95.9 Å². The first-order valence-corrected chi connectivity index (χ1v) is 19.8. The number of imide groups is 1. The van der Waals surface area contributed by atoms with Gasteiger partial charge in [0.2, 0.25) is 0 Å². The van der Waals surface area contributed by atoms with Crippen molar-refractivity contribution in [3.8, 4) is 0 Å². The standard InChI is InChI=1S/C41H34N2O11S3/c1-40(2)32-27(41(28(36(47)51-3)29(55-32)37(48)52-4)56-30(38(49)53-5)31(57-41)39(50)54-6)24-18-12-13-19-25(24)43(40)35(46)26(20-21-14-8-7-9-15-21)42-33(44)22-16-10-11-17-23(22)34(42)45/h7-19,26H,20H2,1-6H3/t26-/m1/s1. The molecular weight excluding hydrogens is 793 g/mol. The van der Waals surface area contributed by atoms with Crippen LogP contribution in [0, 0.1) is 0 Å². The Balaban J connectivity index is 1.47.